The van der Waals surface area contributed by atoms with Gasteiger partial charge in [-0.2, -0.15) is 0 Å². The first kappa shape index (κ1) is 13.7. The Kier molecular flexibility index (Phi) is 2.65. The molecule has 2 N–H and O–H groups in total. The van der Waals surface area contributed by atoms with Crippen molar-refractivity contribution in [2.45, 2.75) is 28.3 Å². The van der Waals surface area contributed by atoms with Crippen LogP contribution in [0.2, 0.25) is 0 Å². The first-order valence-electron chi connectivity index (χ1n) is 6.63. The fraction of sp³-hybridized carbons (Fsp3) is 0.538. The number of rotatable bonds is 1. The van der Waals surface area contributed by atoms with E-state index in [0.717, 1.165) is 5.57 Å². The summed E-state index contributed by atoms with van der Waals surface area (Å²) >= 11 is 0. The smallest absolute Gasteiger partial charge is 0.264 e. The molecule has 2 amide bonds. The largest absolute Gasteiger partial charge is 0.392 e. The molecule has 0 saturated carbocycles. The maximum atomic E-state index is 12.9. The van der Waals surface area contributed by atoms with Gasteiger partial charge in [0.25, 0.3) is 11.8 Å². The number of aliphatic hydroxyl groups is 2. The number of nitrogens with zero attached hydrogens (tertiary/aromatic N) is 2. The first-order chi connectivity index (χ1) is 9.98. The van der Waals surface area contributed by atoms with E-state index in [9.17, 15) is 19.8 Å². The second-order valence-corrected chi connectivity index (χ2v) is 8.36. The summed E-state index contributed by atoms with van der Waals surface area (Å²) in [7, 11) is 4.14. The van der Waals surface area contributed by atoms with Crippen molar-refractivity contribution in [3.8, 4) is 0 Å². The summed E-state index contributed by atoms with van der Waals surface area (Å²) in [5.74, 6) is -0.471. The number of carbonyl (C=O) groups is 2. The predicted molar refractivity (Wildman–Crippen MR) is 79.0 cm³/mol. The van der Waals surface area contributed by atoms with Gasteiger partial charge in [0.15, 0.2) is 4.87 Å². The fourth-order valence-electron chi connectivity index (χ4n) is 3.55. The highest BCUT2D eigenvalue weighted by atomic mass is 33.1. The Morgan fingerprint density at radius 1 is 1.38 bits per heavy atom. The van der Waals surface area contributed by atoms with Crippen molar-refractivity contribution in [3.05, 3.63) is 23.8 Å². The highest BCUT2D eigenvalue weighted by molar-refractivity contribution is 8.78. The summed E-state index contributed by atoms with van der Waals surface area (Å²) in [6.07, 6.45) is 4.87. The minimum Gasteiger partial charge on any atom is -0.392 e. The number of likely N-dealkylation sites (N-methyl/N-ethyl adjacent to an activating group) is 1. The molecule has 2 bridgehead atoms. The SMILES string of the molecule is CN1C(=O)C23CC4=CC=C[C@H](O)[C@H]4N2C(=O)[C@]1(CO)SS3. The fourth-order valence-corrected chi connectivity index (χ4v) is 7.12. The van der Waals surface area contributed by atoms with Crippen LogP contribution >= 0.6 is 21.6 Å². The zero-order valence-electron chi connectivity index (χ0n) is 11.2. The van der Waals surface area contributed by atoms with Crippen LogP contribution in [-0.4, -0.2) is 67.4 Å². The molecule has 4 heterocycles. The topological polar surface area (TPSA) is 81.1 Å². The van der Waals surface area contributed by atoms with E-state index in [4.69, 9.17) is 0 Å². The number of piperazine rings is 1. The molecule has 4 saturated heterocycles. The van der Waals surface area contributed by atoms with Gasteiger partial charge in [-0.3, -0.25) is 9.59 Å². The molecule has 1 aliphatic carbocycles. The number of hydrogen-bond donors (Lipinski definition) is 2. The lowest BCUT2D eigenvalue weighted by Gasteiger charge is -2.58. The van der Waals surface area contributed by atoms with E-state index in [-0.39, 0.29) is 11.8 Å². The van der Waals surface area contributed by atoms with Crippen LogP contribution in [0.15, 0.2) is 23.8 Å². The predicted octanol–water partition coefficient (Wildman–Crippen LogP) is -0.304. The van der Waals surface area contributed by atoms with E-state index in [1.807, 2.05) is 6.08 Å². The monoisotopic (exact) mass is 326 g/mol. The van der Waals surface area contributed by atoms with E-state index in [1.54, 1.807) is 19.2 Å². The van der Waals surface area contributed by atoms with Crippen molar-refractivity contribution in [1.82, 2.24) is 9.80 Å². The van der Waals surface area contributed by atoms with Gasteiger partial charge < -0.3 is 20.0 Å². The van der Waals surface area contributed by atoms with Crippen molar-refractivity contribution in [1.29, 1.82) is 0 Å². The van der Waals surface area contributed by atoms with Gasteiger partial charge in [0.05, 0.1) is 18.8 Å². The molecule has 5 aliphatic rings. The summed E-state index contributed by atoms with van der Waals surface area (Å²) in [5, 5.41) is 20.0. The van der Waals surface area contributed by atoms with Crippen molar-refractivity contribution in [2.24, 2.45) is 0 Å². The molecule has 8 heteroatoms. The lowest BCUT2D eigenvalue weighted by Crippen LogP contribution is -2.77. The zero-order chi connectivity index (χ0) is 15.0. The van der Waals surface area contributed by atoms with Crippen molar-refractivity contribution < 1.29 is 19.8 Å². The average molecular weight is 326 g/mol. The molecule has 5 rings (SSSR count). The van der Waals surface area contributed by atoms with Crippen molar-refractivity contribution in [3.63, 3.8) is 0 Å². The van der Waals surface area contributed by atoms with Gasteiger partial charge in [0.2, 0.25) is 4.87 Å². The van der Waals surface area contributed by atoms with Crippen LogP contribution in [0.1, 0.15) is 6.42 Å². The summed E-state index contributed by atoms with van der Waals surface area (Å²) in [6, 6.07) is -0.500. The van der Waals surface area contributed by atoms with Gasteiger partial charge >= 0.3 is 0 Å². The molecule has 0 aromatic heterocycles. The maximum absolute atomic E-state index is 12.9. The van der Waals surface area contributed by atoms with Crippen LogP contribution < -0.4 is 0 Å². The summed E-state index contributed by atoms with van der Waals surface area (Å²) in [5.41, 5.74) is 0.892. The summed E-state index contributed by atoms with van der Waals surface area (Å²) < 4.78 is 0. The molecule has 1 spiro atoms. The van der Waals surface area contributed by atoms with E-state index < -0.39 is 28.5 Å². The molecular weight excluding hydrogens is 312 g/mol. The Morgan fingerprint density at radius 3 is 2.86 bits per heavy atom. The number of allylic oxidation sites excluding steroid dienone is 2. The second-order valence-electron chi connectivity index (χ2n) is 5.67. The molecule has 112 valence electrons. The first-order valence-corrected chi connectivity index (χ1v) is 8.78. The third-order valence-corrected chi connectivity index (χ3v) is 8.33. The lowest BCUT2D eigenvalue weighted by atomic mass is 9.97. The third-order valence-electron chi connectivity index (χ3n) is 4.70. The molecular formula is C13H14N2O4S2. The maximum Gasteiger partial charge on any atom is 0.264 e. The molecule has 1 unspecified atom stereocenters. The summed E-state index contributed by atoms with van der Waals surface area (Å²) in [6.45, 7) is -0.435. The Morgan fingerprint density at radius 2 is 2.14 bits per heavy atom. The average Bonchev–Trinajstić information content (AvgIpc) is 2.83. The van der Waals surface area contributed by atoms with E-state index in [0.29, 0.717) is 6.42 Å². The van der Waals surface area contributed by atoms with Gasteiger partial charge in [-0.25, -0.2) is 0 Å². The summed E-state index contributed by atoms with van der Waals surface area (Å²) in [4.78, 5) is 26.4. The quantitative estimate of drug-likeness (QED) is 0.644. The van der Waals surface area contributed by atoms with Crippen LogP contribution in [0.4, 0.5) is 0 Å². The lowest BCUT2D eigenvalue weighted by molar-refractivity contribution is -0.168. The van der Waals surface area contributed by atoms with Gasteiger partial charge in [-0.15, -0.1) is 0 Å². The standard InChI is InChI=1S/C13H14N2O4S2/c1-14-10(18)12-5-7-3-2-4-8(17)9(7)15(12)11(19)13(14,6-16)21-20-12/h2-4,8-9,16-17H,5-6H2,1H3/t8-,9-,12?,13-/m0/s1. The molecule has 4 fully saturated rings. The molecule has 0 radical (unpaired) electrons. The third kappa shape index (κ3) is 1.35. The second kappa shape index (κ2) is 4.07. The number of amides is 2. The van der Waals surface area contributed by atoms with E-state index in [1.165, 1.54) is 31.4 Å². The number of carbonyl (C=O) groups excluding carboxylic acids is 2. The van der Waals surface area contributed by atoms with Crippen LogP contribution in [0.3, 0.4) is 0 Å². The Balaban J connectivity index is 1.90. The number of hydrogen-bond acceptors (Lipinski definition) is 6. The Bertz CT molecular complexity index is 621. The van der Waals surface area contributed by atoms with Gasteiger partial charge in [-0.05, 0) is 16.4 Å². The van der Waals surface area contributed by atoms with Gasteiger partial charge in [0, 0.05) is 13.5 Å². The highest BCUT2D eigenvalue weighted by Crippen LogP contribution is 2.64. The molecule has 4 aliphatic heterocycles. The van der Waals surface area contributed by atoms with Gasteiger partial charge in [-0.1, -0.05) is 29.0 Å². The van der Waals surface area contributed by atoms with Crippen LogP contribution in [0.5, 0.6) is 0 Å². The van der Waals surface area contributed by atoms with Crippen LogP contribution in [-0.2, 0) is 9.59 Å². The highest BCUT2D eigenvalue weighted by Gasteiger charge is 2.73. The zero-order valence-corrected chi connectivity index (χ0v) is 12.9. The molecule has 4 atom stereocenters. The van der Waals surface area contributed by atoms with E-state index >= 15 is 0 Å². The van der Waals surface area contributed by atoms with Crippen LogP contribution in [0.25, 0.3) is 0 Å². The number of fused-ring (bicyclic) bond motifs is 3. The van der Waals surface area contributed by atoms with Crippen LogP contribution in [0, 0.1) is 0 Å². The molecule has 21 heavy (non-hydrogen) atoms. The molecule has 0 aromatic rings. The molecule has 0 aromatic carbocycles. The minimum absolute atomic E-state index is 0.178. The molecule has 6 nitrogen and oxygen atoms in total. The number of aliphatic hydroxyl groups excluding tert-OH is 2. The normalized spacial score (nSPS) is 44.0. The Labute approximate surface area is 129 Å². The Hall–Kier alpha value is -0.960. The van der Waals surface area contributed by atoms with Gasteiger partial charge in [0.1, 0.15) is 0 Å². The van der Waals surface area contributed by atoms with Crippen molar-refractivity contribution >= 4 is 33.4 Å². The van der Waals surface area contributed by atoms with E-state index in [2.05, 4.69) is 0 Å². The van der Waals surface area contributed by atoms with Crippen molar-refractivity contribution in [2.75, 3.05) is 13.7 Å². The minimum atomic E-state index is -1.28.